The van der Waals surface area contributed by atoms with E-state index >= 15 is 0 Å². The number of unbranched alkanes of at least 4 members (excludes halogenated alkanes) is 1. The molecule has 4 nitrogen and oxygen atoms in total. The predicted octanol–water partition coefficient (Wildman–Crippen LogP) is 4.21. The van der Waals surface area contributed by atoms with E-state index in [4.69, 9.17) is 10.7 Å². The summed E-state index contributed by atoms with van der Waals surface area (Å²) in [6.45, 7) is 1.51. The van der Waals surface area contributed by atoms with Gasteiger partial charge in [-0.05, 0) is 43.7 Å². The van der Waals surface area contributed by atoms with Crippen LogP contribution < -0.4 is 11.1 Å². The fourth-order valence-corrected chi connectivity index (χ4v) is 3.84. The van der Waals surface area contributed by atoms with E-state index in [1.165, 1.54) is 21.7 Å². The van der Waals surface area contributed by atoms with Crippen LogP contribution in [0.4, 0.5) is 0 Å². The van der Waals surface area contributed by atoms with Gasteiger partial charge in [0, 0.05) is 34.4 Å². The molecule has 0 aliphatic rings. The maximum absolute atomic E-state index is 5.63. The highest BCUT2D eigenvalue weighted by molar-refractivity contribution is 9.10. The maximum atomic E-state index is 5.63. The van der Waals surface area contributed by atoms with Gasteiger partial charge in [-0.1, -0.05) is 34.1 Å². The Morgan fingerprint density at radius 2 is 1.96 bits per heavy atom. The third kappa shape index (κ3) is 2.77. The molecule has 0 aliphatic carbocycles. The number of fused-ring (bicyclic) bond motifs is 4. The average molecular weight is 397 g/mol. The Kier molecular flexibility index (Phi) is 4.36. The quantitative estimate of drug-likeness (QED) is 0.498. The lowest BCUT2D eigenvalue weighted by Gasteiger charge is -2.10. The molecule has 0 saturated carbocycles. The first-order valence-electron chi connectivity index (χ1n) is 8.60. The number of hydrogen-bond acceptors (Lipinski definition) is 2. The summed E-state index contributed by atoms with van der Waals surface area (Å²) < 4.78 is 3.29. The Balaban J connectivity index is 2.15. The largest absolute Gasteiger partial charge is 0.341 e. The van der Waals surface area contributed by atoms with Crippen LogP contribution in [0.1, 0.15) is 12.8 Å². The van der Waals surface area contributed by atoms with E-state index < -0.39 is 0 Å². The summed E-state index contributed by atoms with van der Waals surface area (Å²) in [5, 5.41) is 4.64. The van der Waals surface area contributed by atoms with Crippen molar-refractivity contribution >= 4 is 48.8 Å². The second-order valence-corrected chi connectivity index (χ2v) is 7.26. The zero-order valence-electron chi connectivity index (χ0n) is 14.2. The first-order chi connectivity index (χ1) is 12.2. The molecule has 0 fully saturated rings. The summed E-state index contributed by atoms with van der Waals surface area (Å²) in [7, 11) is 2.10. The third-order valence-corrected chi connectivity index (χ3v) is 5.21. The lowest BCUT2D eigenvalue weighted by atomic mass is 10.1. The second kappa shape index (κ2) is 6.65. The number of halogens is 1. The number of H-pyrrole nitrogens is 1. The van der Waals surface area contributed by atoms with E-state index in [0.29, 0.717) is 6.54 Å². The van der Waals surface area contributed by atoms with Gasteiger partial charge in [0.15, 0.2) is 0 Å². The van der Waals surface area contributed by atoms with Crippen LogP contribution in [0.3, 0.4) is 0 Å². The molecular formula is C20H21BrN4. The molecule has 0 saturated heterocycles. The molecule has 0 bridgehead atoms. The van der Waals surface area contributed by atoms with Crippen molar-refractivity contribution in [3.05, 3.63) is 52.3 Å². The van der Waals surface area contributed by atoms with Crippen LogP contribution in [0.2, 0.25) is 0 Å². The number of nitrogens with one attached hydrogen (secondary N) is 1. The predicted molar refractivity (Wildman–Crippen MR) is 109 cm³/mol. The molecular weight excluding hydrogens is 376 g/mol. The molecule has 0 aliphatic heterocycles. The van der Waals surface area contributed by atoms with Gasteiger partial charge in [-0.15, -0.1) is 0 Å². The number of aromatic amines is 1. The number of benzene rings is 2. The number of nitrogens with two attached hydrogens (primary N) is 1. The Morgan fingerprint density at radius 3 is 2.80 bits per heavy atom. The highest BCUT2D eigenvalue weighted by atomic mass is 79.9. The van der Waals surface area contributed by atoms with Gasteiger partial charge in [-0.25, -0.2) is 0 Å². The lowest BCUT2D eigenvalue weighted by Crippen LogP contribution is -2.11. The topological polar surface area (TPSA) is 59.1 Å². The SMILES string of the molecule is Cn1c2ccc(Br)cc2c(=NCCCCN)c2c3ccccc3[nH]c21. The molecule has 0 atom stereocenters. The van der Waals surface area contributed by atoms with Crippen LogP contribution in [0.25, 0.3) is 32.8 Å². The number of aryl methyl sites for hydroxylation is 1. The number of pyridine rings is 1. The molecule has 4 rings (SSSR count). The van der Waals surface area contributed by atoms with Gasteiger partial charge in [0.1, 0.15) is 5.65 Å². The molecule has 2 aromatic carbocycles. The molecule has 0 radical (unpaired) electrons. The Morgan fingerprint density at radius 1 is 1.12 bits per heavy atom. The van der Waals surface area contributed by atoms with Crippen LogP contribution >= 0.6 is 15.9 Å². The molecule has 25 heavy (non-hydrogen) atoms. The zero-order valence-corrected chi connectivity index (χ0v) is 15.8. The molecule has 0 amide bonds. The first kappa shape index (κ1) is 16.4. The average Bonchev–Trinajstić information content (AvgIpc) is 3.01. The van der Waals surface area contributed by atoms with Crippen molar-refractivity contribution in [3.8, 4) is 0 Å². The van der Waals surface area contributed by atoms with Crippen molar-refractivity contribution in [2.45, 2.75) is 12.8 Å². The summed E-state index contributed by atoms with van der Waals surface area (Å²) in [4.78, 5) is 8.56. The number of aromatic nitrogens is 2. The van der Waals surface area contributed by atoms with Crippen molar-refractivity contribution in [1.82, 2.24) is 9.55 Å². The zero-order chi connectivity index (χ0) is 17.4. The van der Waals surface area contributed by atoms with Crippen LogP contribution in [-0.2, 0) is 7.05 Å². The van der Waals surface area contributed by atoms with Crippen molar-refractivity contribution in [1.29, 1.82) is 0 Å². The highest BCUT2D eigenvalue weighted by Crippen LogP contribution is 2.26. The van der Waals surface area contributed by atoms with Crippen molar-refractivity contribution in [2.24, 2.45) is 17.8 Å². The maximum Gasteiger partial charge on any atom is 0.120 e. The molecule has 4 aromatic rings. The van der Waals surface area contributed by atoms with Gasteiger partial charge in [-0.2, -0.15) is 0 Å². The smallest absolute Gasteiger partial charge is 0.120 e. The summed E-state index contributed by atoms with van der Waals surface area (Å²) in [5.41, 5.74) is 9.04. The van der Waals surface area contributed by atoms with E-state index in [-0.39, 0.29) is 0 Å². The number of hydrogen-bond donors (Lipinski definition) is 2. The van der Waals surface area contributed by atoms with Crippen LogP contribution in [0.15, 0.2) is 51.9 Å². The highest BCUT2D eigenvalue weighted by Gasteiger charge is 2.13. The molecule has 5 heteroatoms. The minimum atomic E-state index is 0.716. The van der Waals surface area contributed by atoms with Crippen molar-refractivity contribution in [3.63, 3.8) is 0 Å². The van der Waals surface area contributed by atoms with Gasteiger partial charge < -0.3 is 15.3 Å². The summed E-state index contributed by atoms with van der Waals surface area (Å²) >= 11 is 3.61. The second-order valence-electron chi connectivity index (χ2n) is 6.34. The van der Waals surface area contributed by atoms with E-state index in [9.17, 15) is 0 Å². The molecule has 0 spiro atoms. The molecule has 128 valence electrons. The number of para-hydroxylation sites is 1. The lowest BCUT2D eigenvalue weighted by molar-refractivity contribution is 0.748. The Hall–Kier alpha value is -2.11. The normalized spacial score (nSPS) is 12.7. The Bertz CT molecular complexity index is 1140. The third-order valence-electron chi connectivity index (χ3n) is 4.72. The van der Waals surface area contributed by atoms with Crippen LogP contribution in [-0.4, -0.2) is 22.6 Å². The number of rotatable bonds is 4. The fraction of sp³-hybridized carbons (Fsp3) is 0.250. The minimum absolute atomic E-state index is 0.716. The van der Waals surface area contributed by atoms with Gasteiger partial charge in [0.05, 0.1) is 16.3 Å². The fourth-order valence-electron chi connectivity index (χ4n) is 3.48. The van der Waals surface area contributed by atoms with Gasteiger partial charge in [-0.3, -0.25) is 4.99 Å². The minimum Gasteiger partial charge on any atom is -0.341 e. The van der Waals surface area contributed by atoms with Crippen molar-refractivity contribution in [2.75, 3.05) is 13.1 Å². The van der Waals surface area contributed by atoms with Gasteiger partial charge in [0.2, 0.25) is 0 Å². The van der Waals surface area contributed by atoms with Crippen LogP contribution in [0, 0.1) is 0 Å². The molecule has 2 aromatic heterocycles. The van der Waals surface area contributed by atoms with E-state index in [1.807, 2.05) is 0 Å². The van der Waals surface area contributed by atoms with E-state index in [1.54, 1.807) is 0 Å². The van der Waals surface area contributed by atoms with Gasteiger partial charge >= 0.3 is 0 Å². The summed E-state index contributed by atoms with van der Waals surface area (Å²) in [6.07, 6.45) is 2.01. The van der Waals surface area contributed by atoms with Gasteiger partial charge in [0.25, 0.3) is 0 Å². The molecule has 0 unspecified atom stereocenters. The number of nitrogens with zero attached hydrogens (tertiary/aromatic N) is 2. The van der Waals surface area contributed by atoms with Crippen LogP contribution in [0.5, 0.6) is 0 Å². The van der Waals surface area contributed by atoms with E-state index in [2.05, 4.69) is 75.0 Å². The Labute approximate surface area is 154 Å². The first-order valence-corrected chi connectivity index (χ1v) is 9.39. The summed E-state index contributed by atoms with van der Waals surface area (Å²) in [5.74, 6) is 0. The molecule has 2 heterocycles. The monoisotopic (exact) mass is 396 g/mol. The van der Waals surface area contributed by atoms with E-state index in [0.717, 1.165) is 40.4 Å². The van der Waals surface area contributed by atoms with Crippen molar-refractivity contribution < 1.29 is 0 Å². The standard InChI is InChI=1S/C20H21BrN4/c1-25-17-9-8-13(21)12-15(17)19(23-11-5-4-10-22)18-14-6-2-3-7-16(14)24-20(18)25/h2-3,6-9,12,24H,4-5,10-11,22H2,1H3. The summed E-state index contributed by atoms with van der Waals surface area (Å²) in [6, 6.07) is 14.8. The molecule has 3 N–H and O–H groups in total.